The van der Waals surface area contributed by atoms with Gasteiger partial charge in [-0.2, -0.15) is 4.98 Å². The highest BCUT2D eigenvalue weighted by atomic mass is 35.5. The zero-order valence-corrected chi connectivity index (χ0v) is 20.1. The highest BCUT2D eigenvalue weighted by molar-refractivity contribution is 6.32. The van der Waals surface area contributed by atoms with Crippen LogP contribution in [0.4, 0.5) is 17.5 Å². The highest BCUT2D eigenvalue weighted by Gasteiger charge is 2.20. The Hall–Kier alpha value is -2.58. The molecule has 4 rings (SSSR count). The lowest BCUT2D eigenvalue weighted by Gasteiger charge is -2.29. The molecule has 2 aromatic rings. The number of nitrogens with one attached hydrogen (secondary N) is 3. The molecule has 33 heavy (non-hydrogen) atoms. The number of hydrogen-bond donors (Lipinski definition) is 3. The van der Waals surface area contributed by atoms with E-state index in [-0.39, 0.29) is 11.9 Å². The molecule has 3 N–H and O–H groups in total. The monoisotopic (exact) mass is 472 g/mol. The number of piperidine rings is 1. The van der Waals surface area contributed by atoms with Crippen LogP contribution in [0.2, 0.25) is 5.02 Å². The minimum Gasteiger partial charge on any atom is -0.495 e. The molecule has 2 aliphatic rings. The summed E-state index contributed by atoms with van der Waals surface area (Å²) in [5, 5.41) is 10.3. The molecule has 2 heterocycles. The van der Waals surface area contributed by atoms with Crippen LogP contribution in [0.3, 0.4) is 0 Å². The van der Waals surface area contributed by atoms with E-state index in [0.29, 0.717) is 39.8 Å². The maximum atomic E-state index is 12.8. The van der Waals surface area contributed by atoms with Crippen molar-refractivity contribution in [3.05, 3.63) is 35.0 Å². The minimum atomic E-state index is -0.0869. The highest BCUT2D eigenvalue weighted by Crippen LogP contribution is 2.30. The number of amides is 1. The first-order chi connectivity index (χ1) is 16.0. The number of anilines is 3. The Labute approximate surface area is 200 Å². The smallest absolute Gasteiger partial charge is 0.251 e. The summed E-state index contributed by atoms with van der Waals surface area (Å²) in [5.74, 6) is 1.51. The summed E-state index contributed by atoms with van der Waals surface area (Å²) in [4.78, 5) is 23.9. The van der Waals surface area contributed by atoms with Gasteiger partial charge in [0.25, 0.3) is 5.91 Å². The first kappa shape index (κ1) is 23.6. The average molecular weight is 473 g/mol. The predicted octanol–water partition coefficient (Wildman–Crippen LogP) is 4.45. The van der Waals surface area contributed by atoms with Crippen molar-refractivity contribution in [1.29, 1.82) is 0 Å². The number of methoxy groups -OCH3 is 1. The normalized spacial score (nSPS) is 18.0. The van der Waals surface area contributed by atoms with E-state index >= 15 is 0 Å². The zero-order valence-electron chi connectivity index (χ0n) is 19.4. The van der Waals surface area contributed by atoms with E-state index in [1.165, 1.54) is 19.3 Å². The van der Waals surface area contributed by atoms with Gasteiger partial charge in [-0.15, -0.1) is 0 Å². The van der Waals surface area contributed by atoms with Crippen molar-refractivity contribution < 1.29 is 9.53 Å². The second kappa shape index (κ2) is 11.0. The summed E-state index contributed by atoms with van der Waals surface area (Å²) >= 11 is 6.33. The van der Waals surface area contributed by atoms with Gasteiger partial charge >= 0.3 is 0 Å². The maximum Gasteiger partial charge on any atom is 0.251 e. The van der Waals surface area contributed by atoms with Crippen LogP contribution in [-0.2, 0) is 0 Å². The Kier molecular flexibility index (Phi) is 7.88. The molecule has 0 unspecified atom stereocenters. The molecule has 1 aromatic carbocycles. The van der Waals surface area contributed by atoms with Gasteiger partial charge in [0.1, 0.15) is 10.8 Å². The Morgan fingerprint density at radius 1 is 1.12 bits per heavy atom. The molecule has 0 bridgehead atoms. The molecule has 1 amide bonds. The summed E-state index contributed by atoms with van der Waals surface area (Å²) < 4.78 is 5.54. The number of hydrogen-bond acceptors (Lipinski definition) is 7. The fourth-order valence-corrected chi connectivity index (χ4v) is 4.59. The molecule has 0 spiro atoms. The van der Waals surface area contributed by atoms with Crippen molar-refractivity contribution in [2.75, 3.05) is 37.9 Å². The van der Waals surface area contributed by atoms with Crippen LogP contribution in [-0.4, -0.2) is 60.1 Å². The Bertz CT molecular complexity index is 958. The molecule has 1 saturated carbocycles. The number of halogens is 1. The first-order valence-corrected chi connectivity index (χ1v) is 12.1. The number of nitrogens with zero attached hydrogens (tertiary/aromatic N) is 3. The number of aromatic nitrogens is 2. The SMILES string of the molecule is COc1cc(C(=O)NC2CCN(C)CC2)ccc1Nc1ncc(Cl)c(NC2CCCCC2)n1. The molecule has 1 aliphatic heterocycles. The lowest BCUT2D eigenvalue weighted by Crippen LogP contribution is -2.43. The summed E-state index contributed by atoms with van der Waals surface area (Å²) in [7, 11) is 3.69. The summed E-state index contributed by atoms with van der Waals surface area (Å²) in [6, 6.07) is 5.93. The van der Waals surface area contributed by atoms with Gasteiger partial charge in [0.15, 0.2) is 5.82 Å². The quantitative estimate of drug-likeness (QED) is 0.548. The molecule has 1 aliphatic carbocycles. The van der Waals surface area contributed by atoms with Crippen LogP contribution in [0.15, 0.2) is 24.4 Å². The lowest BCUT2D eigenvalue weighted by atomic mass is 9.95. The third kappa shape index (κ3) is 6.26. The Morgan fingerprint density at radius 3 is 2.61 bits per heavy atom. The zero-order chi connectivity index (χ0) is 23.2. The number of rotatable bonds is 7. The van der Waals surface area contributed by atoms with Gasteiger partial charge in [-0.05, 0) is 64.0 Å². The van der Waals surface area contributed by atoms with E-state index in [0.717, 1.165) is 38.8 Å². The third-order valence-corrected chi connectivity index (χ3v) is 6.73. The molecular formula is C24H33ClN6O2. The Morgan fingerprint density at radius 2 is 1.88 bits per heavy atom. The standard InChI is InChI=1S/C24H33ClN6O2/c1-31-12-10-18(11-13-31)28-23(32)16-8-9-20(21(14-16)33-2)29-24-26-15-19(25)22(30-24)27-17-6-4-3-5-7-17/h8-9,14-15,17-18H,3-7,10-13H2,1-2H3,(H,28,32)(H2,26,27,29,30). The fourth-order valence-electron chi connectivity index (χ4n) is 4.45. The number of likely N-dealkylation sites (tertiary alicyclic amines) is 1. The fraction of sp³-hybridized carbons (Fsp3) is 0.542. The summed E-state index contributed by atoms with van der Waals surface area (Å²) in [6.45, 7) is 1.99. The molecule has 178 valence electrons. The number of carbonyl (C=O) groups excluding carboxylic acids is 1. The van der Waals surface area contributed by atoms with Gasteiger partial charge in [-0.3, -0.25) is 4.79 Å². The average Bonchev–Trinajstić information content (AvgIpc) is 2.83. The van der Waals surface area contributed by atoms with E-state index in [1.807, 2.05) is 6.07 Å². The van der Waals surface area contributed by atoms with Crippen LogP contribution in [0.25, 0.3) is 0 Å². The predicted molar refractivity (Wildman–Crippen MR) is 132 cm³/mol. The van der Waals surface area contributed by atoms with Crippen LogP contribution >= 0.6 is 11.6 Å². The number of ether oxygens (including phenoxy) is 1. The topological polar surface area (TPSA) is 91.4 Å². The largest absolute Gasteiger partial charge is 0.495 e. The van der Waals surface area contributed by atoms with Crippen molar-refractivity contribution in [2.24, 2.45) is 0 Å². The molecule has 8 nitrogen and oxygen atoms in total. The Balaban J connectivity index is 1.43. The van der Waals surface area contributed by atoms with E-state index < -0.39 is 0 Å². The molecule has 0 atom stereocenters. The van der Waals surface area contributed by atoms with E-state index in [9.17, 15) is 4.79 Å². The van der Waals surface area contributed by atoms with Crippen molar-refractivity contribution >= 4 is 35.0 Å². The second-order valence-corrected chi connectivity index (χ2v) is 9.37. The summed E-state index contributed by atoms with van der Waals surface area (Å²) in [6.07, 6.45) is 9.50. The van der Waals surface area contributed by atoms with Crippen molar-refractivity contribution in [3.8, 4) is 5.75 Å². The minimum absolute atomic E-state index is 0.0869. The van der Waals surface area contributed by atoms with E-state index in [4.69, 9.17) is 16.3 Å². The van der Waals surface area contributed by atoms with Crippen molar-refractivity contribution in [2.45, 2.75) is 57.0 Å². The van der Waals surface area contributed by atoms with E-state index in [1.54, 1.807) is 25.4 Å². The van der Waals surface area contributed by atoms with Crippen molar-refractivity contribution in [1.82, 2.24) is 20.2 Å². The maximum absolute atomic E-state index is 12.8. The van der Waals surface area contributed by atoms with Crippen LogP contribution in [0.5, 0.6) is 5.75 Å². The van der Waals surface area contributed by atoms with Gasteiger partial charge in [0.05, 0.1) is 19.0 Å². The summed E-state index contributed by atoms with van der Waals surface area (Å²) in [5.41, 5.74) is 1.24. The number of carbonyl (C=O) groups is 1. The third-order valence-electron chi connectivity index (χ3n) is 6.45. The molecule has 2 fully saturated rings. The molecule has 1 saturated heterocycles. The van der Waals surface area contributed by atoms with Gasteiger partial charge in [0.2, 0.25) is 5.95 Å². The van der Waals surface area contributed by atoms with Gasteiger partial charge in [0, 0.05) is 17.6 Å². The second-order valence-electron chi connectivity index (χ2n) is 8.96. The van der Waals surface area contributed by atoms with Crippen LogP contribution in [0, 0.1) is 0 Å². The van der Waals surface area contributed by atoms with Gasteiger partial charge < -0.3 is 25.6 Å². The van der Waals surface area contributed by atoms with E-state index in [2.05, 4.69) is 37.9 Å². The van der Waals surface area contributed by atoms with Gasteiger partial charge in [-0.1, -0.05) is 30.9 Å². The van der Waals surface area contributed by atoms with Crippen molar-refractivity contribution in [3.63, 3.8) is 0 Å². The number of benzene rings is 1. The molecule has 0 radical (unpaired) electrons. The van der Waals surface area contributed by atoms with Gasteiger partial charge in [-0.25, -0.2) is 4.98 Å². The van der Waals surface area contributed by atoms with Crippen LogP contribution < -0.4 is 20.7 Å². The van der Waals surface area contributed by atoms with Crippen LogP contribution in [0.1, 0.15) is 55.3 Å². The molecule has 9 heteroatoms. The molecule has 1 aromatic heterocycles. The molecular weight excluding hydrogens is 440 g/mol. The lowest BCUT2D eigenvalue weighted by molar-refractivity contribution is 0.0916. The first-order valence-electron chi connectivity index (χ1n) is 11.8.